The third kappa shape index (κ3) is 2.08. The first-order valence-electron chi connectivity index (χ1n) is 4.27. The highest BCUT2D eigenvalue weighted by Crippen LogP contribution is 2.17. The summed E-state index contributed by atoms with van der Waals surface area (Å²) in [4.78, 5) is 10.0. The van der Waals surface area contributed by atoms with Crippen LogP contribution in [0.1, 0.15) is 22.3 Å². The summed E-state index contributed by atoms with van der Waals surface area (Å²) in [5.41, 5.74) is 4.83. The number of ether oxygens (including phenoxy) is 1. The van der Waals surface area contributed by atoms with Crippen molar-refractivity contribution in [3.63, 3.8) is 0 Å². The maximum atomic E-state index is 10.0. The van der Waals surface area contributed by atoms with Crippen molar-refractivity contribution in [3.05, 3.63) is 34.4 Å². The van der Waals surface area contributed by atoms with Gasteiger partial charge in [0.1, 0.15) is 6.61 Å². The van der Waals surface area contributed by atoms with Gasteiger partial charge in [0.2, 0.25) is 0 Å². The molecular weight excluding hydrogens is 164 g/mol. The quantitative estimate of drug-likeness (QED) is 0.664. The van der Waals surface area contributed by atoms with Crippen LogP contribution in [0.5, 0.6) is 0 Å². The number of benzene rings is 1. The fourth-order valence-corrected chi connectivity index (χ4v) is 1.29. The molecule has 0 heterocycles. The summed E-state index contributed by atoms with van der Waals surface area (Å²) in [6.07, 6.45) is 0. The molecule has 0 aromatic heterocycles. The summed E-state index contributed by atoms with van der Waals surface area (Å²) in [5.74, 6) is 0. The predicted octanol–water partition coefficient (Wildman–Crippen LogP) is 2.28. The minimum atomic E-state index is 0.371. The fourth-order valence-electron chi connectivity index (χ4n) is 1.29. The first-order valence-corrected chi connectivity index (χ1v) is 4.27. The number of carbonyl (C=O) groups excluding carboxylic acids is 1. The molecule has 0 saturated carbocycles. The average molecular weight is 178 g/mol. The molecule has 2 nitrogen and oxygen atoms in total. The Bertz CT molecular complexity index is 316. The van der Waals surface area contributed by atoms with E-state index < -0.39 is 0 Å². The van der Waals surface area contributed by atoms with E-state index in [1.54, 1.807) is 0 Å². The number of rotatable bonds is 3. The molecule has 0 saturated heterocycles. The van der Waals surface area contributed by atoms with Crippen LogP contribution in [0.15, 0.2) is 12.1 Å². The number of aryl methyl sites for hydroxylation is 1. The monoisotopic (exact) mass is 178 g/mol. The largest absolute Gasteiger partial charge is 0.463 e. The van der Waals surface area contributed by atoms with Crippen molar-refractivity contribution in [3.8, 4) is 0 Å². The second-order valence-corrected chi connectivity index (χ2v) is 3.20. The zero-order valence-corrected chi connectivity index (χ0v) is 8.26. The van der Waals surface area contributed by atoms with Crippen molar-refractivity contribution in [1.82, 2.24) is 0 Å². The summed E-state index contributed by atoms with van der Waals surface area (Å²) < 4.78 is 4.71. The Morgan fingerprint density at radius 3 is 2.54 bits per heavy atom. The first-order chi connectivity index (χ1) is 6.16. The van der Waals surface area contributed by atoms with Crippen LogP contribution in [-0.2, 0) is 16.1 Å². The van der Waals surface area contributed by atoms with E-state index in [2.05, 4.69) is 13.8 Å². The Morgan fingerprint density at radius 2 is 1.92 bits per heavy atom. The molecule has 0 atom stereocenters. The van der Waals surface area contributed by atoms with Gasteiger partial charge in [-0.05, 0) is 43.0 Å². The van der Waals surface area contributed by atoms with Crippen molar-refractivity contribution in [2.45, 2.75) is 27.4 Å². The van der Waals surface area contributed by atoms with Crippen LogP contribution in [0.2, 0.25) is 0 Å². The van der Waals surface area contributed by atoms with E-state index in [0.717, 1.165) is 5.56 Å². The van der Waals surface area contributed by atoms with Crippen molar-refractivity contribution < 1.29 is 9.53 Å². The van der Waals surface area contributed by atoms with Crippen molar-refractivity contribution >= 4 is 6.47 Å². The Kier molecular flexibility index (Phi) is 3.07. The van der Waals surface area contributed by atoms with E-state index >= 15 is 0 Å². The lowest BCUT2D eigenvalue weighted by molar-refractivity contribution is -0.129. The van der Waals surface area contributed by atoms with Gasteiger partial charge in [-0.25, -0.2) is 0 Å². The molecule has 2 heteroatoms. The Balaban J connectivity index is 2.96. The molecule has 0 spiro atoms. The summed E-state index contributed by atoms with van der Waals surface area (Å²) >= 11 is 0. The maximum absolute atomic E-state index is 10.0. The summed E-state index contributed by atoms with van der Waals surface area (Å²) in [6.45, 7) is 7.05. The fraction of sp³-hybridized carbons (Fsp3) is 0.364. The van der Waals surface area contributed by atoms with Crippen LogP contribution < -0.4 is 0 Å². The molecule has 0 fully saturated rings. The van der Waals surface area contributed by atoms with Gasteiger partial charge in [-0.3, -0.25) is 4.79 Å². The second-order valence-electron chi connectivity index (χ2n) is 3.20. The van der Waals surface area contributed by atoms with Gasteiger partial charge in [-0.2, -0.15) is 0 Å². The molecule has 0 aliphatic carbocycles. The van der Waals surface area contributed by atoms with E-state index in [9.17, 15) is 4.79 Å². The summed E-state index contributed by atoms with van der Waals surface area (Å²) in [5, 5.41) is 0. The van der Waals surface area contributed by atoms with Crippen molar-refractivity contribution in [2.75, 3.05) is 0 Å². The maximum Gasteiger partial charge on any atom is 0.293 e. The predicted molar refractivity (Wildman–Crippen MR) is 51.5 cm³/mol. The van der Waals surface area contributed by atoms with Crippen LogP contribution in [0.25, 0.3) is 0 Å². The van der Waals surface area contributed by atoms with Gasteiger partial charge in [0.05, 0.1) is 0 Å². The zero-order chi connectivity index (χ0) is 9.84. The molecule has 0 N–H and O–H groups in total. The summed E-state index contributed by atoms with van der Waals surface area (Å²) in [6, 6.07) is 4.05. The zero-order valence-electron chi connectivity index (χ0n) is 8.26. The van der Waals surface area contributed by atoms with Gasteiger partial charge >= 0.3 is 0 Å². The molecule has 13 heavy (non-hydrogen) atoms. The van der Waals surface area contributed by atoms with Crippen LogP contribution in [0.3, 0.4) is 0 Å². The van der Waals surface area contributed by atoms with Crippen LogP contribution in [0.4, 0.5) is 0 Å². The minimum absolute atomic E-state index is 0.371. The Labute approximate surface area is 78.5 Å². The first kappa shape index (κ1) is 9.78. The van der Waals surface area contributed by atoms with Gasteiger partial charge < -0.3 is 4.74 Å². The van der Waals surface area contributed by atoms with Crippen LogP contribution in [0, 0.1) is 20.8 Å². The highest BCUT2D eigenvalue weighted by atomic mass is 16.5. The molecule has 0 bridgehead atoms. The number of carbonyl (C=O) groups is 1. The third-order valence-electron chi connectivity index (χ3n) is 2.48. The van der Waals surface area contributed by atoms with Crippen LogP contribution in [-0.4, -0.2) is 6.47 Å². The van der Waals surface area contributed by atoms with Gasteiger partial charge in [-0.1, -0.05) is 12.1 Å². The van der Waals surface area contributed by atoms with E-state index in [1.807, 2.05) is 19.1 Å². The smallest absolute Gasteiger partial charge is 0.293 e. The molecule has 1 aromatic carbocycles. The lowest BCUT2D eigenvalue weighted by atomic mass is 9.99. The molecule has 0 unspecified atom stereocenters. The van der Waals surface area contributed by atoms with Gasteiger partial charge in [0.25, 0.3) is 6.47 Å². The molecular formula is C11H14O2. The molecule has 70 valence electrons. The van der Waals surface area contributed by atoms with Crippen molar-refractivity contribution in [2.24, 2.45) is 0 Å². The Morgan fingerprint density at radius 1 is 1.23 bits per heavy atom. The SMILES string of the molecule is Cc1ccc(COC=O)c(C)c1C. The van der Waals surface area contributed by atoms with E-state index in [-0.39, 0.29) is 0 Å². The minimum Gasteiger partial charge on any atom is -0.463 e. The number of hydrogen-bond donors (Lipinski definition) is 0. The van der Waals surface area contributed by atoms with E-state index in [4.69, 9.17) is 4.74 Å². The van der Waals surface area contributed by atoms with Crippen LogP contribution >= 0.6 is 0 Å². The molecule has 1 rings (SSSR count). The second kappa shape index (κ2) is 4.08. The highest BCUT2D eigenvalue weighted by molar-refractivity contribution is 5.41. The van der Waals surface area contributed by atoms with E-state index in [0.29, 0.717) is 13.1 Å². The molecule has 1 aromatic rings. The lowest BCUT2D eigenvalue weighted by Crippen LogP contribution is -1.97. The normalized spacial score (nSPS) is 9.77. The van der Waals surface area contributed by atoms with Gasteiger partial charge in [0.15, 0.2) is 0 Å². The molecule has 0 aliphatic heterocycles. The van der Waals surface area contributed by atoms with Gasteiger partial charge in [-0.15, -0.1) is 0 Å². The Hall–Kier alpha value is -1.31. The highest BCUT2D eigenvalue weighted by Gasteiger charge is 2.03. The van der Waals surface area contributed by atoms with Crippen molar-refractivity contribution in [1.29, 1.82) is 0 Å². The summed E-state index contributed by atoms with van der Waals surface area (Å²) in [7, 11) is 0. The third-order valence-corrected chi connectivity index (χ3v) is 2.48. The van der Waals surface area contributed by atoms with Gasteiger partial charge in [0, 0.05) is 0 Å². The molecule has 0 aliphatic rings. The average Bonchev–Trinajstić information content (AvgIpc) is 2.13. The topological polar surface area (TPSA) is 26.3 Å². The standard InChI is InChI=1S/C11H14O2/c1-8-4-5-11(6-13-7-12)10(3)9(8)2/h4-5,7H,6H2,1-3H3. The number of hydrogen-bond acceptors (Lipinski definition) is 2. The lowest BCUT2D eigenvalue weighted by Gasteiger charge is -2.09. The molecule has 0 amide bonds. The molecule has 0 radical (unpaired) electrons. The van der Waals surface area contributed by atoms with E-state index in [1.165, 1.54) is 16.7 Å².